The molecule has 4 nitrogen and oxygen atoms in total. The van der Waals surface area contributed by atoms with Crippen LogP contribution in [0.25, 0.3) is 5.69 Å². The van der Waals surface area contributed by atoms with Gasteiger partial charge < -0.3 is 15.2 Å². The third-order valence-electron chi connectivity index (χ3n) is 4.83. The molecule has 2 heterocycles. The zero-order valence-corrected chi connectivity index (χ0v) is 15.4. The number of nitrogens with zero attached hydrogens (tertiary/aromatic N) is 2. The van der Waals surface area contributed by atoms with Gasteiger partial charge in [-0.05, 0) is 63.4 Å². The van der Waals surface area contributed by atoms with Crippen LogP contribution in [-0.2, 0) is 0 Å². The lowest BCUT2D eigenvalue weighted by molar-refractivity contribution is 0.0787. The van der Waals surface area contributed by atoms with Crippen molar-refractivity contribution in [2.24, 2.45) is 11.7 Å². The molecule has 1 aliphatic rings. The lowest BCUT2D eigenvalue weighted by Gasteiger charge is -2.16. The Morgan fingerprint density at radius 2 is 2.00 bits per heavy atom. The molecule has 0 aliphatic carbocycles. The highest BCUT2D eigenvalue weighted by atomic mass is 35.5. The van der Waals surface area contributed by atoms with Gasteiger partial charge in [0.05, 0.1) is 5.56 Å². The molecule has 1 amide bonds. The van der Waals surface area contributed by atoms with Gasteiger partial charge in [0, 0.05) is 30.2 Å². The van der Waals surface area contributed by atoms with E-state index in [-0.39, 0.29) is 18.3 Å². The number of nitrogens with two attached hydrogens (primary N) is 1. The van der Waals surface area contributed by atoms with E-state index in [0.717, 1.165) is 42.1 Å². The van der Waals surface area contributed by atoms with Crippen LogP contribution in [0.5, 0.6) is 0 Å². The molecule has 1 fully saturated rings. The van der Waals surface area contributed by atoms with E-state index in [9.17, 15) is 4.79 Å². The molecule has 0 bridgehead atoms. The molecule has 1 atom stereocenters. The Hall–Kier alpha value is -1.78. The predicted octanol–water partition coefficient (Wildman–Crippen LogP) is 3.25. The van der Waals surface area contributed by atoms with Gasteiger partial charge in [0.25, 0.3) is 5.91 Å². The largest absolute Gasteiger partial charge is 0.338 e. The monoisotopic (exact) mass is 347 g/mol. The summed E-state index contributed by atoms with van der Waals surface area (Å²) in [5.74, 6) is 0.576. The number of halogens is 1. The third-order valence-corrected chi connectivity index (χ3v) is 4.83. The normalized spacial score (nSPS) is 17.0. The molecular weight excluding hydrogens is 322 g/mol. The summed E-state index contributed by atoms with van der Waals surface area (Å²) in [6.45, 7) is 8.42. The molecule has 24 heavy (non-hydrogen) atoms. The van der Waals surface area contributed by atoms with E-state index in [0.29, 0.717) is 12.5 Å². The Kier molecular flexibility index (Phi) is 5.73. The van der Waals surface area contributed by atoms with E-state index >= 15 is 0 Å². The fraction of sp³-hybridized carbons (Fsp3) is 0.421. The maximum Gasteiger partial charge on any atom is 0.255 e. The second-order valence-electron chi connectivity index (χ2n) is 6.60. The Labute approximate surface area is 150 Å². The quantitative estimate of drug-likeness (QED) is 0.926. The molecule has 2 aromatic rings. The van der Waals surface area contributed by atoms with Gasteiger partial charge in [-0.25, -0.2) is 0 Å². The van der Waals surface area contributed by atoms with Gasteiger partial charge in [-0.3, -0.25) is 4.79 Å². The molecule has 0 spiro atoms. The molecule has 1 saturated heterocycles. The van der Waals surface area contributed by atoms with Crippen molar-refractivity contribution in [3.05, 3.63) is 52.8 Å². The number of carbonyl (C=O) groups excluding carboxylic acids is 1. The highest BCUT2D eigenvalue weighted by molar-refractivity contribution is 5.96. The van der Waals surface area contributed by atoms with Crippen LogP contribution < -0.4 is 5.73 Å². The van der Waals surface area contributed by atoms with Crippen LogP contribution in [0.4, 0.5) is 0 Å². The lowest BCUT2D eigenvalue weighted by atomic mass is 10.1. The van der Waals surface area contributed by atoms with Gasteiger partial charge in [0.15, 0.2) is 0 Å². The average molecular weight is 348 g/mol. The van der Waals surface area contributed by atoms with Crippen LogP contribution in [0, 0.1) is 26.7 Å². The number of aryl methyl sites for hydroxylation is 2. The van der Waals surface area contributed by atoms with Gasteiger partial charge in [0.1, 0.15) is 0 Å². The molecule has 1 aliphatic heterocycles. The van der Waals surface area contributed by atoms with Crippen molar-refractivity contribution < 1.29 is 4.79 Å². The van der Waals surface area contributed by atoms with E-state index in [1.807, 2.05) is 17.9 Å². The van der Waals surface area contributed by atoms with E-state index < -0.39 is 0 Å². The molecule has 3 rings (SSSR count). The van der Waals surface area contributed by atoms with E-state index in [4.69, 9.17) is 5.73 Å². The second kappa shape index (κ2) is 7.41. The highest BCUT2D eigenvalue weighted by Crippen LogP contribution is 2.25. The summed E-state index contributed by atoms with van der Waals surface area (Å²) in [4.78, 5) is 14.8. The minimum absolute atomic E-state index is 0. The van der Waals surface area contributed by atoms with E-state index in [1.165, 1.54) is 5.56 Å². The average Bonchev–Trinajstić information content (AvgIpc) is 3.11. The van der Waals surface area contributed by atoms with E-state index in [1.54, 1.807) is 0 Å². The molecule has 0 radical (unpaired) electrons. The SMILES string of the molecule is Cc1cccc(-n2c(C)cc(C(=O)N3CCC(CN)C3)c2C)c1.Cl. The number of amides is 1. The molecule has 5 heteroatoms. The first kappa shape index (κ1) is 18.6. The first-order valence-corrected chi connectivity index (χ1v) is 8.26. The van der Waals surface area contributed by atoms with Gasteiger partial charge in [-0.1, -0.05) is 12.1 Å². The van der Waals surface area contributed by atoms with Gasteiger partial charge in [-0.15, -0.1) is 12.4 Å². The number of carbonyl (C=O) groups is 1. The van der Waals surface area contributed by atoms with Crippen LogP contribution in [0.15, 0.2) is 30.3 Å². The first-order valence-electron chi connectivity index (χ1n) is 8.26. The zero-order chi connectivity index (χ0) is 16.6. The minimum Gasteiger partial charge on any atom is -0.338 e. The maximum atomic E-state index is 12.9. The van der Waals surface area contributed by atoms with Crippen LogP contribution in [0.2, 0.25) is 0 Å². The molecule has 1 aromatic carbocycles. The number of hydrogen-bond acceptors (Lipinski definition) is 2. The minimum atomic E-state index is 0. The van der Waals surface area contributed by atoms with Crippen LogP contribution in [0.3, 0.4) is 0 Å². The van der Waals surface area contributed by atoms with Gasteiger partial charge >= 0.3 is 0 Å². The number of rotatable bonds is 3. The number of likely N-dealkylation sites (tertiary alicyclic amines) is 1. The van der Waals surface area contributed by atoms with Crippen LogP contribution in [0.1, 0.15) is 33.7 Å². The topological polar surface area (TPSA) is 51.3 Å². The maximum absolute atomic E-state index is 12.9. The number of hydrogen-bond donors (Lipinski definition) is 1. The third kappa shape index (κ3) is 3.35. The zero-order valence-electron chi connectivity index (χ0n) is 14.6. The second-order valence-corrected chi connectivity index (χ2v) is 6.60. The van der Waals surface area contributed by atoms with Gasteiger partial charge in [0.2, 0.25) is 0 Å². The molecule has 1 aromatic heterocycles. The Morgan fingerprint density at radius 1 is 1.25 bits per heavy atom. The Balaban J connectivity index is 0.00000208. The molecular formula is C19H26ClN3O. The van der Waals surface area contributed by atoms with Crippen molar-refractivity contribution in [1.82, 2.24) is 9.47 Å². The smallest absolute Gasteiger partial charge is 0.255 e. The van der Waals surface area contributed by atoms with Crippen molar-refractivity contribution in [2.75, 3.05) is 19.6 Å². The number of aromatic nitrogens is 1. The van der Waals surface area contributed by atoms with Crippen molar-refractivity contribution in [3.63, 3.8) is 0 Å². The van der Waals surface area contributed by atoms with E-state index in [2.05, 4.69) is 42.7 Å². The predicted molar refractivity (Wildman–Crippen MR) is 100 cm³/mol. The van der Waals surface area contributed by atoms with Crippen LogP contribution in [-0.4, -0.2) is 35.0 Å². The van der Waals surface area contributed by atoms with Crippen LogP contribution >= 0.6 is 12.4 Å². The summed E-state index contributed by atoms with van der Waals surface area (Å²) in [6.07, 6.45) is 1.01. The fourth-order valence-electron chi connectivity index (χ4n) is 3.52. The summed E-state index contributed by atoms with van der Waals surface area (Å²) in [5.41, 5.74) is 11.0. The molecule has 1 unspecified atom stereocenters. The fourth-order valence-corrected chi connectivity index (χ4v) is 3.52. The summed E-state index contributed by atoms with van der Waals surface area (Å²) in [7, 11) is 0. The lowest BCUT2D eigenvalue weighted by Crippen LogP contribution is -2.30. The standard InChI is InChI=1S/C19H25N3O.ClH/c1-13-5-4-6-17(9-13)22-14(2)10-18(15(22)3)19(23)21-8-7-16(11-20)12-21;/h4-6,9-10,16H,7-8,11-12,20H2,1-3H3;1H. The van der Waals surface area contributed by atoms with Crippen molar-refractivity contribution >= 4 is 18.3 Å². The Morgan fingerprint density at radius 3 is 2.62 bits per heavy atom. The summed E-state index contributed by atoms with van der Waals surface area (Å²) < 4.78 is 2.16. The van der Waals surface area contributed by atoms with Crippen molar-refractivity contribution in [1.29, 1.82) is 0 Å². The van der Waals surface area contributed by atoms with Crippen molar-refractivity contribution in [2.45, 2.75) is 27.2 Å². The van der Waals surface area contributed by atoms with Gasteiger partial charge in [-0.2, -0.15) is 0 Å². The first-order chi connectivity index (χ1) is 11.0. The number of benzene rings is 1. The molecule has 130 valence electrons. The summed E-state index contributed by atoms with van der Waals surface area (Å²) in [6, 6.07) is 10.4. The molecule has 2 N–H and O–H groups in total. The Bertz CT molecular complexity index is 738. The highest BCUT2D eigenvalue weighted by Gasteiger charge is 2.28. The van der Waals surface area contributed by atoms with Crippen molar-refractivity contribution in [3.8, 4) is 5.69 Å². The molecule has 0 saturated carbocycles. The summed E-state index contributed by atoms with van der Waals surface area (Å²) >= 11 is 0. The summed E-state index contributed by atoms with van der Waals surface area (Å²) in [5, 5.41) is 0.